The highest BCUT2D eigenvalue weighted by Crippen LogP contribution is 2.46. The number of anilines is 1. The fraction of sp³-hybridized carbons (Fsp3) is 0.440. The zero-order chi connectivity index (χ0) is 25.4. The molecule has 1 aromatic heterocycles. The van der Waals surface area contributed by atoms with Crippen LogP contribution in [0.5, 0.6) is 0 Å². The quantitative estimate of drug-likeness (QED) is 0.664. The number of carbonyl (C=O) groups excluding carboxylic acids is 2. The lowest BCUT2D eigenvalue weighted by Gasteiger charge is -2.39. The Morgan fingerprint density at radius 2 is 1.91 bits per heavy atom. The van der Waals surface area contributed by atoms with Crippen LogP contribution < -0.4 is 4.90 Å². The van der Waals surface area contributed by atoms with Gasteiger partial charge < -0.3 is 14.7 Å². The Bertz CT molecular complexity index is 1150. The van der Waals surface area contributed by atoms with Crippen LogP contribution in [0.25, 0.3) is 0 Å². The normalized spacial score (nSPS) is 19.5. The number of hydrogen-bond donors (Lipinski definition) is 0. The third kappa shape index (κ3) is 4.81. The maximum absolute atomic E-state index is 13.6. The lowest BCUT2D eigenvalue weighted by Crippen LogP contribution is -2.44. The van der Waals surface area contributed by atoms with Crippen molar-refractivity contribution in [3.05, 3.63) is 59.4 Å². The number of benzene rings is 1. The van der Waals surface area contributed by atoms with Crippen LogP contribution in [0.4, 0.5) is 18.9 Å². The third-order valence-electron chi connectivity index (χ3n) is 7.01. The van der Waals surface area contributed by atoms with Gasteiger partial charge in [0, 0.05) is 51.8 Å². The summed E-state index contributed by atoms with van der Waals surface area (Å²) < 4.78 is 40.8. The third-order valence-corrected chi connectivity index (χ3v) is 7.01. The van der Waals surface area contributed by atoms with E-state index in [4.69, 9.17) is 5.26 Å². The molecule has 35 heavy (non-hydrogen) atoms. The molecule has 0 bridgehead atoms. The van der Waals surface area contributed by atoms with Crippen LogP contribution in [0.1, 0.15) is 40.7 Å². The van der Waals surface area contributed by atoms with Gasteiger partial charge in [0.1, 0.15) is 6.04 Å². The lowest BCUT2D eigenvalue weighted by molar-refractivity contribution is -0.137. The number of nitriles is 1. The van der Waals surface area contributed by atoms with Crippen LogP contribution in [0.15, 0.2) is 42.7 Å². The molecule has 1 spiro atoms. The van der Waals surface area contributed by atoms with Gasteiger partial charge in [-0.15, -0.1) is 0 Å². The summed E-state index contributed by atoms with van der Waals surface area (Å²) in [6.07, 6.45) is 0.200. The molecule has 2 aliphatic heterocycles. The van der Waals surface area contributed by atoms with E-state index in [0.717, 1.165) is 12.1 Å². The van der Waals surface area contributed by atoms with E-state index >= 15 is 0 Å². The van der Waals surface area contributed by atoms with Gasteiger partial charge in [-0.3, -0.25) is 14.6 Å². The Morgan fingerprint density at radius 1 is 1.20 bits per heavy atom. The lowest BCUT2D eigenvalue weighted by atomic mass is 9.76. The Hall–Kier alpha value is -3.61. The smallest absolute Gasteiger partial charge is 0.359 e. The summed E-state index contributed by atoms with van der Waals surface area (Å²) in [5, 5.41) is 9.14. The zero-order valence-electron chi connectivity index (χ0n) is 19.5. The van der Waals surface area contributed by atoms with E-state index in [9.17, 15) is 22.8 Å². The van der Waals surface area contributed by atoms with Crippen LogP contribution in [0.3, 0.4) is 0 Å². The Morgan fingerprint density at radius 3 is 2.49 bits per heavy atom. The number of pyridine rings is 1. The first-order valence-corrected chi connectivity index (χ1v) is 11.3. The van der Waals surface area contributed by atoms with Crippen molar-refractivity contribution in [1.29, 1.82) is 5.26 Å². The van der Waals surface area contributed by atoms with E-state index < -0.39 is 23.3 Å². The molecule has 184 valence electrons. The van der Waals surface area contributed by atoms with Crippen molar-refractivity contribution in [2.24, 2.45) is 5.41 Å². The molecule has 0 aliphatic carbocycles. The topological polar surface area (TPSA) is 80.5 Å². The molecule has 0 radical (unpaired) electrons. The number of halogens is 3. The minimum Gasteiger partial charge on any atom is -0.359 e. The van der Waals surface area contributed by atoms with Gasteiger partial charge >= 0.3 is 6.18 Å². The summed E-state index contributed by atoms with van der Waals surface area (Å²) in [6.45, 7) is 1.38. The van der Waals surface area contributed by atoms with E-state index in [1.54, 1.807) is 48.3 Å². The van der Waals surface area contributed by atoms with Crippen LogP contribution in [-0.4, -0.2) is 66.4 Å². The van der Waals surface area contributed by atoms with E-state index in [2.05, 4.69) is 4.98 Å². The molecule has 7 nitrogen and oxygen atoms in total. The molecule has 2 aromatic rings. The van der Waals surface area contributed by atoms with Crippen LogP contribution >= 0.6 is 0 Å². The molecule has 2 fully saturated rings. The van der Waals surface area contributed by atoms with Crippen molar-refractivity contribution in [1.82, 2.24) is 14.8 Å². The summed E-state index contributed by atoms with van der Waals surface area (Å²) in [6, 6.07) is 8.00. The molecule has 2 saturated heterocycles. The zero-order valence-corrected chi connectivity index (χ0v) is 19.5. The van der Waals surface area contributed by atoms with Crippen LogP contribution in [-0.2, 0) is 11.0 Å². The van der Waals surface area contributed by atoms with Gasteiger partial charge in [0.25, 0.3) is 5.91 Å². The average Bonchev–Trinajstić information content (AvgIpc) is 3.22. The molecule has 0 saturated carbocycles. The molecular formula is C25H26F3N5O2. The van der Waals surface area contributed by atoms with E-state index in [-0.39, 0.29) is 22.9 Å². The fourth-order valence-electron chi connectivity index (χ4n) is 5.11. The average molecular weight is 486 g/mol. The number of alkyl halides is 3. The number of likely N-dealkylation sites (N-methyl/N-ethyl adjacent to an activating group) is 1. The van der Waals surface area contributed by atoms with Crippen LogP contribution in [0.2, 0.25) is 0 Å². The van der Waals surface area contributed by atoms with Crippen molar-refractivity contribution >= 4 is 17.5 Å². The summed E-state index contributed by atoms with van der Waals surface area (Å²) in [4.78, 5) is 34.8. The summed E-state index contributed by atoms with van der Waals surface area (Å²) >= 11 is 0. The van der Waals surface area contributed by atoms with Crippen molar-refractivity contribution in [3.63, 3.8) is 0 Å². The number of nitrogens with zero attached hydrogens (tertiary/aromatic N) is 5. The van der Waals surface area contributed by atoms with Gasteiger partial charge in [0.15, 0.2) is 0 Å². The molecule has 2 aliphatic rings. The van der Waals surface area contributed by atoms with Gasteiger partial charge in [-0.2, -0.15) is 18.4 Å². The number of amides is 2. The number of likely N-dealkylation sites (tertiary alicyclic amines) is 1. The second-order valence-corrected chi connectivity index (χ2v) is 9.45. The van der Waals surface area contributed by atoms with E-state index in [0.29, 0.717) is 44.5 Å². The SMILES string of the molecule is CN(C)C(=O)C1CC2(CCN(C(=O)c3cccnc3)CC2)CN1c1ccc(C#N)c(C(F)(F)F)c1. The predicted octanol–water partition coefficient (Wildman–Crippen LogP) is 3.56. The van der Waals surface area contributed by atoms with Crippen LogP contribution in [0, 0.1) is 16.7 Å². The molecule has 2 amide bonds. The van der Waals surface area contributed by atoms with Gasteiger partial charge in [0.2, 0.25) is 5.91 Å². The van der Waals surface area contributed by atoms with Crippen molar-refractivity contribution < 1.29 is 22.8 Å². The molecule has 0 N–H and O–H groups in total. The minimum atomic E-state index is -4.68. The molecule has 1 unspecified atom stereocenters. The standard InChI is InChI=1S/C25H26F3N5O2/c1-31(2)23(35)21-13-24(7-10-32(11-8-24)22(34)18-4-3-9-30-15-18)16-33(21)19-6-5-17(14-29)20(12-19)25(26,27)28/h3-6,9,12,15,21H,7-8,10-11,13,16H2,1-2H3. The fourth-order valence-corrected chi connectivity index (χ4v) is 5.11. The molecule has 3 heterocycles. The maximum Gasteiger partial charge on any atom is 0.417 e. The summed E-state index contributed by atoms with van der Waals surface area (Å²) in [5.41, 5.74) is -0.995. The van der Waals surface area contributed by atoms with Gasteiger partial charge in [-0.25, -0.2) is 0 Å². The second-order valence-electron chi connectivity index (χ2n) is 9.45. The highest BCUT2D eigenvalue weighted by molar-refractivity contribution is 5.94. The number of aromatic nitrogens is 1. The Balaban J connectivity index is 1.60. The van der Waals surface area contributed by atoms with Crippen molar-refractivity contribution in [2.45, 2.75) is 31.5 Å². The van der Waals surface area contributed by atoms with Gasteiger partial charge in [-0.1, -0.05) is 0 Å². The van der Waals surface area contributed by atoms with Gasteiger partial charge in [-0.05, 0) is 55.0 Å². The number of piperidine rings is 1. The molecule has 4 rings (SSSR count). The number of carbonyl (C=O) groups is 2. The first-order chi connectivity index (χ1) is 16.5. The first-order valence-electron chi connectivity index (χ1n) is 11.3. The van der Waals surface area contributed by atoms with Crippen molar-refractivity contribution in [3.8, 4) is 6.07 Å². The largest absolute Gasteiger partial charge is 0.417 e. The maximum atomic E-state index is 13.6. The first kappa shape index (κ1) is 24.5. The predicted molar refractivity (Wildman–Crippen MR) is 122 cm³/mol. The summed E-state index contributed by atoms with van der Waals surface area (Å²) in [7, 11) is 3.25. The van der Waals surface area contributed by atoms with Gasteiger partial charge in [0.05, 0.1) is 22.8 Å². The molecule has 1 atom stereocenters. The number of hydrogen-bond acceptors (Lipinski definition) is 5. The molecule has 1 aromatic carbocycles. The highest BCUT2D eigenvalue weighted by Gasteiger charge is 2.49. The molecular weight excluding hydrogens is 459 g/mol. The second kappa shape index (κ2) is 9.21. The van der Waals surface area contributed by atoms with Crippen molar-refractivity contribution in [2.75, 3.05) is 38.6 Å². The summed E-state index contributed by atoms with van der Waals surface area (Å²) in [5.74, 6) is -0.292. The highest BCUT2D eigenvalue weighted by atomic mass is 19.4. The van der Waals surface area contributed by atoms with E-state index in [1.165, 1.54) is 17.2 Å². The van der Waals surface area contributed by atoms with E-state index in [1.807, 2.05) is 0 Å². The Kier molecular flexibility index (Phi) is 6.45. The Labute approximate surface area is 201 Å². The number of rotatable bonds is 3. The minimum absolute atomic E-state index is 0.106. The monoisotopic (exact) mass is 485 g/mol. The molecule has 10 heteroatoms.